The lowest BCUT2D eigenvalue weighted by atomic mass is 10.2. The van der Waals surface area contributed by atoms with Crippen LogP contribution in [0, 0.1) is 5.82 Å². The van der Waals surface area contributed by atoms with E-state index in [1.807, 2.05) is 0 Å². The lowest BCUT2D eigenvalue weighted by Gasteiger charge is -2.13. The normalized spacial score (nSPS) is 12.1. The van der Waals surface area contributed by atoms with Gasteiger partial charge in [0.2, 0.25) is 0 Å². The molecule has 1 rings (SSSR count). The van der Waals surface area contributed by atoms with Crippen LogP contribution >= 0.6 is 23.2 Å². The predicted molar refractivity (Wildman–Crippen MR) is 61.5 cm³/mol. The van der Waals surface area contributed by atoms with Gasteiger partial charge in [-0.25, -0.2) is 9.18 Å². The Bertz CT molecular complexity index is 389. The number of halogens is 3. The molecule has 0 radical (unpaired) electrons. The fraction of sp³-hybridized carbons (Fsp3) is 0.300. The zero-order valence-corrected chi connectivity index (χ0v) is 10.2. The van der Waals surface area contributed by atoms with Crippen LogP contribution in [0.25, 0.3) is 0 Å². The Hall–Kier alpha value is -1.00. The Kier molecular flexibility index (Phi) is 4.38. The van der Waals surface area contributed by atoms with Gasteiger partial charge < -0.3 is 10.1 Å². The first-order chi connectivity index (χ1) is 7.45. The second kappa shape index (κ2) is 5.37. The molecular weight excluding hydrogens is 256 g/mol. The molecular formula is C10H10Cl2FNO2. The average molecular weight is 266 g/mol. The summed E-state index contributed by atoms with van der Waals surface area (Å²) >= 11 is 11.2. The molecule has 1 aromatic rings. The second-order valence-corrected chi connectivity index (χ2v) is 3.96. The molecule has 0 spiro atoms. The van der Waals surface area contributed by atoms with E-state index in [0.29, 0.717) is 5.69 Å². The van der Waals surface area contributed by atoms with Crippen molar-refractivity contribution in [1.29, 1.82) is 0 Å². The maximum absolute atomic E-state index is 13.1. The molecule has 0 fully saturated rings. The molecule has 0 aliphatic heterocycles. The van der Waals surface area contributed by atoms with Crippen molar-refractivity contribution >= 4 is 34.9 Å². The number of hydrogen-bond acceptors (Lipinski definition) is 3. The van der Waals surface area contributed by atoms with Crippen LogP contribution in [-0.2, 0) is 9.53 Å². The third-order valence-electron chi connectivity index (χ3n) is 1.92. The van der Waals surface area contributed by atoms with Crippen LogP contribution in [0.5, 0.6) is 0 Å². The Morgan fingerprint density at radius 2 is 1.94 bits per heavy atom. The van der Waals surface area contributed by atoms with Crippen LogP contribution in [0.15, 0.2) is 12.1 Å². The van der Waals surface area contributed by atoms with E-state index in [4.69, 9.17) is 23.2 Å². The molecule has 0 bridgehead atoms. The highest BCUT2D eigenvalue weighted by Gasteiger charge is 2.14. The van der Waals surface area contributed by atoms with E-state index in [2.05, 4.69) is 10.1 Å². The third-order valence-corrected chi connectivity index (χ3v) is 2.47. The van der Waals surface area contributed by atoms with Crippen molar-refractivity contribution in [2.75, 3.05) is 12.4 Å². The van der Waals surface area contributed by atoms with Crippen LogP contribution in [0.3, 0.4) is 0 Å². The number of anilines is 1. The molecule has 0 aliphatic carbocycles. The van der Waals surface area contributed by atoms with Gasteiger partial charge in [-0.15, -0.1) is 0 Å². The summed E-state index contributed by atoms with van der Waals surface area (Å²) in [6.07, 6.45) is 0. The maximum Gasteiger partial charge on any atom is 0.327 e. The summed E-state index contributed by atoms with van der Waals surface area (Å²) in [7, 11) is 1.28. The highest BCUT2D eigenvalue weighted by atomic mass is 35.5. The van der Waals surface area contributed by atoms with Crippen molar-refractivity contribution in [3.63, 3.8) is 0 Å². The van der Waals surface area contributed by atoms with Gasteiger partial charge >= 0.3 is 5.97 Å². The highest BCUT2D eigenvalue weighted by Crippen LogP contribution is 2.27. The molecule has 0 saturated heterocycles. The number of hydrogen-bond donors (Lipinski definition) is 1. The van der Waals surface area contributed by atoms with Crippen molar-refractivity contribution in [2.24, 2.45) is 0 Å². The molecule has 0 saturated carbocycles. The fourth-order valence-electron chi connectivity index (χ4n) is 1.12. The molecule has 88 valence electrons. The zero-order valence-electron chi connectivity index (χ0n) is 8.68. The number of methoxy groups -OCH3 is 1. The summed E-state index contributed by atoms with van der Waals surface area (Å²) in [5, 5.41) is 2.58. The van der Waals surface area contributed by atoms with Crippen molar-refractivity contribution in [2.45, 2.75) is 13.0 Å². The van der Waals surface area contributed by atoms with Crippen LogP contribution in [0.4, 0.5) is 10.1 Å². The maximum atomic E-state index is 13.1. The van der Waals surface area contributed by atoms with E-state index in [1.165, 1.54) is 19.2 Å². The lowest BCUT2D eigenvalue weighted by Crippen LogP contribution is -2.27. The number of ether oxygens (including phenoxy) is 1. The minimum Gasteiger partial charge on any atom is -0.467 e. The first-order valence-electron chi connectivity index (χ1n) is 4.44. The van der Waals surface area contributed by atoms with Gasteiger partial charge in [-0.1, -0.05) is 23.2 Å². The molecule has 0 aliphatic rings. The number of nitrogens with one attached hydrogen (secondary N) is 1. The Balaban J connectivity index is 2.86. The molecule has 1 atom stereocenters. The summed E-state index contributed by atoms with van der Waals surface area (Å²) < 4.78 is 17.6. The molecule has 1 aromatic carbocycles. The van der Waals surface area contributed by atoms with Gasteiger partial charge in [-0.3, -0.25) is 0 Å². The van der Waals surface area contributed by atoms with Crippen LogP contribution in [0.1, 0.15) is 6.92 Å². The Morgan fingerprint density at radius 1 is 1.44 bits per heavy atom. The Morgan fingerprint density at radius 3 is 2.38 bits per heavy atom. The molecule has 3 nitrogen and oxygen atoms in total. The van der Waals surface area contributed by atoms with E-state index in [1.54, 1.807) is 6.92 Å². The summed E-state index contributed by atoms with van der Waals surface area (Å²) in [5.74, 6) is -1.11. The van der Waals surface area contributed by atoms with E-state index < -0.39 is 17.8 Å². The lowest BCUT2D eigenvalue weighted by molar-refractivity contribution is -0.141. The minimum atomic E-state index is -0.681. The van der Waals surface area contributed by atoms with Gasteiger partial charge in [-0.2, -0.15) is 0 Å². The van der Waals surface area contributed by atoms with E-state index >= 15 is 0 Å². The van der Waals surface area contributed by atoms with Gasteiger partial charge in [0.15, 0.2) is 5.82 Å². The Labute approximate surface area is 102 Å². The summed E-state index contributed by atoms with van der Waals surface area (Å²) in [4.78, 5) is 11.1. The zero-order chi connectivity index (χ0) is 12.3. The van der Waals surface area contributed by atoms with E-state index in [-0.39, 0.29) is 10.0 Å². The van der Waals surface area contributed by atoms with Crippen LogP contribution in [0.2, 0.25) is 10.0 Å². The molecule has 1 unspecified atom stereocenters. The molecule has 0 aromatic heterocycles. The standard InChI is InChI=1S/C10H10Cl2FNO2/c1-5(10(15)16-2)14-6-3-7(11)9(13)8(12)4-6/h3-5,14H,1-2H3. The monoisotopic (exact) mass is 265 g/mol. The summed E-state index contributed by atoms with van der Waals surface area (Å²) in [5.41, 5.74) is 0.453. The molecule has 16 heavy (non-hydrogen) atoms. The topological polar surface area (TPSA) is 38.3 Å². The highest BCUT2D eigenvalue weighted by molar-refractivity contribution is 6.35. The summed E-state index contributed by atoms with van der Waals surface area (Å²) in [6.45, 7) is 1.61. The smallest absolute Gasteiger partial charge is 0.327 e. The third kappa shape index (κ3) is 3.00. The predicted octanol–water partition coefficient (Wildman–Crippen LogP) is 3.11. The van der Waals surface area contributed by atoms with Crippen molar-refractivity contribution in [1.82, 2.24) is 0 Å². The minimum absolute atomic E-state index is 0.105. The van der Waals surface area contributed by atoms with Gasteiger partial charge in [0, 0.05) is 5.69 Å². The quantitative estimate of drug-likeness (QED) is 0.674. The van der Waals surface area contributed by atoms with Gasteiger partial charge in [-0.05, 0) is 19.1 Å². The molecule has 1 N–H and O–H groups in total. The van der Waals surface area contributed by atoms with Crippen LogP contribution < -0.4 is 5.32 Å². The van der Waals surface area contributed by atoms with E-state index in [9.17, 15) is 9.18 Å². The number of benzene rings is 1. The molecule has 0 amide bonds. The SMILES string of the molecule is COC(=O)C(C)Nc1cc(Cl)c(F)c(Cl)c1. The molecule has 0 heterocycles. The number of esters is 1. The molecule has 6 heteroatoms. The van der Waals surface area contributed by atoms with E-state index in [0.717, 1.165) is 0 Å². The van der Waals surface area contributed by atoms with Gasteiger partial charge in [0.1, 0.15) is 6.04 Å². The average Bonchev–Trinajstić information content (AvgIpc) is 2.24. The number of rotatable bonds is 3. The van der Waals surface area contributed by atoms with Crippen molar-refractivity contribution in [3.05, 3.63) is 28.0 Å². The largest absolute Gasteiger partial charge is 0.467 e. The van der Waals surface area contributed by atoms with Gasteiger partial charge in [0.25, 0.3) is 0 Å². The first kappa shape index (κ1) is 13.1. The van der Waals surface area contributed by atoms with Crippen LogP contribution in [-0.4, -0.2) is 19.1 Å². The van der Waals surface area contributed by atoms with Crippen molar-refractivity contribution < 1.29 is 13.9 Å². The number of carbonyl (C=O) groups excluding carboxylic acids is 1. The fourth-order valence-corrected chi connectivity index (χ4v) is 1.61. The number of carbonyl (C=O) groups is 1. The van der Waals surface area contributed by atoms with Gasteiger partial charge in [0.05, 0.1) is 17.2 Å². The summed E-state index contributed by atoms with van der Waals surface area (Å²) in [6, 6.07) is 2.13. The second-order valence-electron chi connectivity index (χ2n) is 3.14. The van der Waals surface area contributed by atoms with Crippen molar-refractivity contribution in [3.8, 4) is 0 Å². The first-order valence-corrected chi connectivity index (χ1v) is 5.20.